The molecule has 3 nitrogen and oxygen atoms in total. The molecule has 0 saturated heterocycles. The van der Waals surface area contributed by atoms with Gasteiger partial charge in [0.1, 0.15) is 5.75 Å². The van der Waals surface area contributed by atoms with E-state index >= 15 is 0 Å². The van der Waals surface area contributed by atoms with Gasteiger partial charge in [-0.3, -0.25) is 0 Å². The van der Waals surface area contributed by atoms with Gasteiger partial charge >= 0.3 is 0 Å². The first kappa shape index (κ1) is 13.8. The van der Waals surface area contributed by atoms with Crippen molar-refractivity contribution in [3.05, 3.63) is 52.6 Å². The Morgan fingerprint density at radius 2 is 1.67 bits per heavy atom. The fourth-order valence-electron chi connectivity index (χ4n) is 2.80. The zero-order chi connectivity index (χ0) is 14.8. The lowest BCUT2D eigenvalue weighted by Gasteiger charge is -2.13. The molecule has 0 amide bonds. The maximum Gasteiger partial charge on any atom is 0.231 e. The van der Waals surface area contributed by atoms with Crippen LogP contribution in [0.15, 0.2) is 30.3 Å². The number of hydrogen-bond acceptors (Lipinski definition) is 3. The first-order chi connectivity index (χ1) is 10.2. The van der Waals surface area contributed by atoms with Gasteiger partial charge in [0.15, 0.2) is 11.5 Å². The van der Waals surface area contributed by atoms with Crippen LogP contribution >= 0.6 is 0 Å². The summed E-state index contributed by atoms with van der Waals surface area (Å²) in [5.74, 6) is 2.68. The summed E-state index contributed by atoms with van der Waals surface area (Å²) in [4.78, 5) is 0. The van der Waals surface area contributed by atoms with E-state index in [1.807, 2.05) is 13.0 Å². The van der Waals surface area contributed by atoms with Crippen molar-refractivity contribution in [2.24, 2.45) is 0 Å². The second-order valence-corrected chi connectivity index (χ2v) is 5.36. The van der Waals surface area contributed by atoms with Gasteiger partial charge in [-0.25, -0.2) is 0 Å². The largest absolute Gasteiger partial charge is 0.493 e. The highest BCUT2D eigenvalue weighted by Crippen LogP contribution is 2.33. The predicted molar refractivity (Wildman–Crippen MR) is 82.5 cm³/mol. The summed E-state index contributed by atoms with van der Waals surface area (Å²) in [6.07, 6.45) is 0.880. The summed E-state index contributed by atoms with van der Waals surface area (Å²) in [5.41, 5.74) is 4.88. The summed E-state index contributed by atoms with van der Waals surface area (Å²) in [7, 11) is 0. The summed E-state index contributed by atoms with van der Waals surface area (Å²) >= 11 is 0. The van der Waals surface area contributed by atoms with E-state index in [-0.39, 0.29) is 0 Å². The van der Waals surface area contributed by atoms with Crippen LogP contribution in [0.3, 0.4) is 0 Å². The van der Waals surface area contributed by atoms with Crippen LogP contribution < -0.4 is 14.2 Å². The number of benzene rings is 2. The third-order valence-corrected chi connectivity index (χ3v) is 3.65. The Hall–Kier alpha value is -2.16. The standard InChI is InChI=1S/C18H20O3/c1-4-19-18-12(2)7-15(8-13(18)3)9-14-5-6-16-17(10-14)21-11-20-16/h5-8,10H,4,9,11H2,1-3H3. The molecule has 0 saturated carbocycles. The average molecular weight is 284 g/mol. The van der Waals surface area contributed by atoms with E-state index in [4.69, 9.17) is 14.2 Å². The predicted octanol–water partition coefficient (Wildman–Crippen LogP) is 4.02. The molecule has 1 aliphatic heterocycles. The first-order valence-electron chi connectivity index (χ1n) is 7.29. The van der Waals surface area contributed by atoms with Crippen molar-refractivity contribution in [3.63, 3.8) is 0 Å². The third-order valence-electron chi connectivity index (χ3n) is 3.65. The molecule has 2 aromatic carbocycles. The Balaban J connectivity index is 1.85. The van der Waals surface area contributed by atoms with Crippen LogP contribution in [0.1, 0.15) is 29.2 Å². The monoisotopic (exact) mass is 284 g/mol. The zero-order valence-electron chi connectivity index (χ0n) is 12.7. The Labute approximate surface area is 125 Å². The quantitative estimate of drug-likeness (QED) is 0.848. The molecule has 3 rings (SSSR count). The summed E-state index contributed by atoms with van der Waals surface area (Å²) in [6.45, 7) is 7.23. The van der Waals surface area contributed by atoms with Crippen molar-refractivity contribution >= 4 is 0 Å². The Bertz CT molecular complexity index is 639. The molecule has 1 aliphatic rings. The lowest BCUT2D eigenvalue weighted by atomic mass is 9.99. The molecule has 21 heavy (non-hydrogen) atoms. The van der Waals surface area contributed by atoms with Gasteiger partial charge in [0.05, 0.1) is 6.61 Å². The molecule has 0 radical (unpaired) electrons. The van der Waals surface area contributed by atoms with Crippen molar-refractivity contribution < 1.29 is 14.2 Å². The Kier molecular flexibility index (Phi) is 3.74. The van der Waals surface area contributed by atoms with Gasteiger partial charge in [-0.2, -0.15) is 0 Å². The highest BCUT2D eigenvalue weighted by molar-refractivity contribution is 5.48. The number of hydrogen-bond donors (Lipinski definition) is 0. The molecule has 0 unspecified atom stereocenters. The molecule has 1 heterocycles. The summed E-state index contributed by atoms with van der Waals surface area (Å²) < 4.78 is 16.5. The van der Waals surface area contributed by atoms with Crippen molar-refractivity contribution in [2.45, 2.75) is 27.2 Å². The molecule has 3 heteroatoms. The van der Waals surface area contributed by atoms with Crippen molar-refractivity contribution in [1.82, 2.24) is 0 Å². The van der Waals surface area contributed by atoms with Crippen LogP contribution in [0.25, 0.3) is 0 Å². The number of aryl methyl sites for hydroxylation is 2. The number of fused-ring (bicyclic) bond motifs is 1. The molecule has 0 bridgehead atoms. The lowest BCUT2D eigenvalue weighted by Crippen LogP contribution is -1.99. The van der Waals surface area contributed by atoms with Crippen LogP contribution in [-0.2, 0) is 6.42 Å². The normalized spacial score (nSPS) is 12.5. The van der Waals surface area contributed by atoms with Gasteiger partial charge < -0.3 is 14.2 Å². The number of rotatable bonds is 4. The Morgan fingerprint density at radius 1 is 0.952 bits per heavy atom. The average Bonchev–Trinajstić information content (AvgIpc) is 2.90. The van der Waals surface area contributed by atoms with E-state index in [9.17, 15) is 0 Å². The second kappa shape index (κ2) is 5.68. The molecular weight excluding hydrogens is 264 g/mol. The van der Waals surface area contributed by atoms with Crippen LogP contribution in [0.2, 0.25) is 0 Å². The molecule has 0 aromatic heterocycles. The van der Waals surface area contributed by atoms with Gasteiger partial charge in [0, 0.05) is 0 Å². The lowest BCUT2D eigenvalue weighted by molar-refractivity contribution is 0.174. The number of ether oxygens (including phenoxy) is 3. The van der Waals surface area contributed by atoms with Crippen LogP contribution in [0.4, 0.5) is 0 Å². The minimum absolute atomic E-state index is 0.320. The minimum Gasteiger partial charge on any atom is -0.493 e. The smallest absolute Gasteiger partial charge is 0.231 e. The maximum atomic E-state index is 5.70. The van der Waals surface area contributed by atoms with E-state index in [0.29, 0.717) is 13.4 Å². The summed E-state index contributed by atoms with van der Waals surface area (Å²) in [5, 5.41) is 0. The fourth-order valence-corrected chi connectivity index (χ4v) is 2.80. The van der Waals surface area contributed by atoms with Crippen molar-refractivity contribution in [2.75, 3.05) is 13.4 Å². The summed E-state index contributed by atoms with van der Waals surface area (Å²) in [6, 6.07) is 10.5. The topological polar surface area (TPSA) is 27.7 Å². The molecule has 0 N–H and O–H groups in total. The van der Waals surface area contributed by atoms with Crippen LogP contribution in [-0.4, -0.2) is 13.4 Å². The van der Waals surface area contributed by atoms with Crippen LogP contribution in [0.5, 0.6) is 17.2 Å². The van der Waals surface area contributed by atoms with E-state index in [1.165, 1.54) is 22.3 Å². The minimum atomic E-state index is 0.320. The van der Waals surface area contributed by atoms with Crippen molar-refractivity contribution in [3.8, 4) is 17.2 Å². The molecular formula is C18H20O3. The second-order valence-electron chi connectivity index (χ2n) is 5.36. The maximum absolute atomic E-state index is 5.70. The van der Waals surface area contributed by atoms with E-state index in [1.54, 1.807) is 0 Å². The molecule has 0 aliphatic carbocycles. The molecule has 0 spiro atoms. The van der Waals surface area contributed by atoms with Gasteiger partial charge in [0.2, 0.25) is 6.79 Å². The first-order valence-corrected chi connectivity index (χ1v) is 7.29. The van der Waals surface area contributed by atoms with Gasteiger partial charge in [0.25, 0.3) is 0 Å². The van der Waals surface area contributed by atoms with E-state index in [2.05, 4.69) is 38.1 Å². The van der Waals surface area contributed by atoms with Gasteiger partial charge in [-0.15, -0.1) is 0 Å². The third kappa shape index (κ3) is 2.82. The van der Waals surface area contributed by atoms with Gasteiger partial charge in [-0.1, -0.05) is 18.2 Å². The zero-order valence-corrected chi connectivity index (χ0v) is 12.7. The van der Waals surface area contributed by atoms with Crippen LogP contribution in [0, 0.1) is 13.8 Å². The van der Waals surface area contributed by atoms with E-state index in [0.717, 1.165) is 23.7 Å². The fraction of sp³-hybridized carbons (Fsp3) is 0.333. The molecule has 110 valence electrons. The highest BCUT2D eigenvalue weighted by Gasteiger charge is 2.14. The SMILES string of the molecule is CCOc1c(C)cc(Cc2ccc3c(c2)OCO3)cc1C. The molecule has 0 atom stereocenters. The van der Waals surface area contributed by atoms with Crippen molar-refractivity contribution in [1.29, 1.82) is 0 Å². The van der Waals surface area contributed by atoms with E-state index < -0.39 is 0 Å². The molecule has 0 fully saturated rings. The highest BCUT2D eigenvalue weighted by atomic mass is 16.7. The van der Waals surface area contributed by atoms with Gasteiger partial charge in [-0.05, 0) is 61.6 Å². The Morgan fingerprint density at radius 3 is 2.38 bits per heavy atom. The molecule has 2 aromatic rings.